The summed E-state index contributed by atoms with van der Waals surface area (Å²) in [5.41, 5.74) is 1.80. The second-order valence-corrected chi connectivity index (χ2v) is 5.61. The van der Waals surface area contributed by atoms with Gasteiger partial charge in [0.2, 0.25) is 0 Å². The van der Waals surface area contributed by atoms with E-state index in [2.05, 4.69) is 12.1 Å². The van der Waals surface area contributed by atoms with Crippen molar-refractivity contribution < 1.29 is 19.0 Å². The number of esters is 1. The predicted octanol–water partition coefficient (Wildman–Crippen LogP) is 4.18. The molecule has 27 heavy (non-hydrogen) atoms. The summed E-state index contributed by atoms with van der Waals surface area (Å²) in [7, 11) is 0. The van der Waals surface area contributed by atoms with Crippen molar-refractivity contribution in [1.82, 2.24) is 0 Å². The molecule has 0 N–H and O–H groups in total. The van der Waals surface area contributed by atoms with Gasteiger partial charge in [0.05, 0.1) is 19.8 Å². The minimum absolute atomic E-state index is 0.0583. The monoisotopic (exact) mass is 365 g/mol. The largest absolute Gasteiger partial charge is 0.490 e. The summed E-state index contributed by atoms with van der Waals surface area (Å²) >= 11 is 0. The lowest BCUT2D eigenvalue weighted by molar-refractivity contribution is -0.137. The lowest BCUT2D eigenvalue weighted by Gasteiger charge is -2.13. The Morgan fingerprint density at radius 2 is 1.81 bits per heavy atom. The molecule has 0 aliphatic heterocycles. The minimum atomic E-state index is -0.638. The van der Waals surface area contributed by atoms with E-state index in [1.54, 1.807) is 25.1 Å². The first kappa shape index (κ1) is 20.1. The van der Waals surface area contributed by atoms with Crippen molar-refractivity contribution in [3.05, 3.63) is 65.2 Å². The lowest BCUT2D eigenvalue weighted by atomic mass is 10.1. The molecule has 0 atom stereocenters. The minimum Gasteiger partial charge on any atom is -0.490 e. The zero-order valence-electron chi connectivity index (χ0n) is 15.6. The highest BCUT2D eigenvalue weighted by Crippen LogP contribution is 2.29. The van der Waals surface area contributed by atoms with Crippen LogP contribution in [0.25, 0.3) is 6.08 Å². The Balaban J connectivity index is 2.13. The van der Waals surface area contributed by atoms with E-state index >= 15 is 0 Å². The van der Waals surface area contributed by atoms with Gasteiger partial charge in [-0.3, -0.25) is 0 Å². The molecule has 2 aromatic carbocycles. The Labute approximate surface area is 159 Å². The van der Waals surface area contributed by atoms with Crippen molar-refractivity contribution in [2.75, 3.05) is 19.8 Å². The summed E-state index contributed by atoms with van der Waals surface area (Å²) in [4.78, 5) is 11.8. The van der Waals surface area contributed by atoms with Crippen molar-refractivity contribution in [3.63, 3.8) is 0 Å². The van der Waals surface area contributed by atoms with Crippen LogP contribution in [-0.4, -0.2) is 25.8 Å². The number of carbonyl (C=O) groups is 1. The van der Waals surface area contributed by atoms with Crippen molar-refractivity contribution >= 4 is 12.0 Å². The van der Waals surface area contributed by atoms with E-state index in [0.717, 1.165) is 6.42 Å². The molecule has 0 heterocycles. The molecule has 2 aromatic rings. The normalized spacial score (nSPS) is 10.8. The molecule has 0 saturated carbocycles. The second-order valence-electron chi connectivity index (χ2n) is 5.61. The number of hydrogen-bond donors (Lipinski definition) is 0. The highest BCUT2D eigenvalue weighted by Gasteiger charge is 2.11. The fourth-order valence-corrected chi connectivity index (χ4v) is 2.44. The molecule has 140 valence electrons. The zero-order valence-corrected chi connectivity index (χ0v) is 15.6. The molecule has 0 fully saturated rings. The molecule has 0 aromatic heterocycles. The van der Waals surface area contributed by atoms with E-state index in [9.17, 15) is 4.79 Å². The maximum Gasteiger partial charge on any atom is 0.348 e. The zero-order chi connectivity index (χ0) is 19.5. The van der Waals surface area contributed by atoms with E-state index in [-0.39, 0.29) is 12.2 Å². The van der Waals surface area contributed by atoms with E-state index < -0.39 is 5.97 Å². The van der Waals surface area contributed by atoms with Crippen LogP contribution in [0.4, 0.5) is 0 Å². The van der Waals surface area contributed by atoms with Gasteiger partial charge in [0.1, 0.15) is 11.6 Å². The molecule has 2 rings (SSSR count). The number of nitriles is 1. The molecule has 5 nitrogen and oxygen atoms in total. The molecule has 0 radical (unpaired) electrons. The third-order valence-electron chi connectivity index (χ3n) is 3.69. The molecule has 0 aliphatic carbocycles. The van der Waals surface area contributed by atoms with Gasteiger partial charge in [0.25, 0.3) is 0 Å². The summed E-state index contributed by atoms with van der Waals surface area (Å²) < 4.78 is 16.4. The van der Waals surface area contributed by atoms with Gasteiger partial charge in [-0.2, -0.15) is 5.26 Å². The summed E-state index contributed by atoms with van der Waals surface area (Å²) in [6.45, 7) is 4.80. The van der Waals surface area contributed by atoms with Crippen molar-refractivity contribution in [2.24, 2.45) is 0 Å². The van der Waals surface area contributed by atoms with Gasteiger partial charge in [-0.25, -0.2) is 4.79 Å². The van der Waals surface area contributed by atoms with Gasteiger partial charge < -0.3 is 14.2 Å². The maximum atomic E-state index is 11.8. The third-order valence-corrected chi connectivity index (χ3v) is 3.69. The molecular weight excluding hydrogens is 342 g/mol. The van der Waals surface area contributed by atoms with Crippen LogP contribution in [0.15, 0.2) is 54.1 Å². The predicted molar refractivity (Wildman–Crippen MR) is 103 cm³/mol. The average molecular weight is 365 g/mol. The Bertz CT molecular complexity index is 822. The molecule has 0 spiro atoms. The molecule has 0 aliphatic rings. The molecule has 0 bridgehead atoms. The number of ether oxygens (including phenoxy) is 3. The SMILES string of the molecule is CCOC(=O)/C(C#N)=C/c1ccc(OCCc2ccccc2)c(OCC)c1. The van der Waals surface area contributed by atoms with E-state index in [0.29, 0.717) is 30.3 Å². The molecule has 0 saturated heterocycles. The third kappa shape index (κ3) is 6.19. The van der Waals surface area contributed by atoms with Crippen LogP contribution in [0.3, 0.4) is 0 Å². The van der Waals surface area contributed by atoms with Gasteiger partial charge in [0, 0.05) is 6.42 Å². The number of carbonyl (C=O) groups excluding carboxylic acids is 1. The van der Waals surface area contributed by atoms with E-state index in [1.165, 1.54) is 11.6 Å². The molecule has 0 amide bonds. The van der Waals surface area contributed by atoms with Crippen LogP contribution < -0.4 is 9.47 Å². The standard InChI is InChI=1S/C22H23NO4/c1-3-25-21-15-18(14-19(16-23)22(24)26-4-2)10-11-20(21)27-13-12-17-8-6-5-7-9-17/h5-11,14-15H,3-4,12-13H2,1-2H3/b19-14+. The van der Waals surface area contributed by atoms with E-state index in [1.807, 2.05) is 31.2 Å². The number of nitrogens with zero attached hydrogens (tertiary/aromatic N) is 1. The quantitative estimate of drug-likeness (QED) is 0.379. The maximum absolute atomic E-state index is 11.8. The van der Waals surface area contributed by atoms with Crippen molar-refractivity contribution in [2.45, 2.75) is 20.3 Å². The smallest absolute Gasteiger partial charge is 0.348 e. The van der Waals surface area contributed by atoms with Crippen LogP contribution in [0.5, 0.6) is 11.5 Å². The van der Waals surface area contributed by atoms with Gasteiger partial charge >= 0.3 is 5.97 Å². The topological polar surface area (TPSA) is 68.6 Å². The molecule has 0 unspecified atom stereocenters. The summed E-state index contributed by atoms with van der Waals surface area (Å²) in [5, 5.41) is 9.16. The van der Waals surface area contributed by atoms with Crippen LogP contribution in [0, 0.1) is 11.3 Å². The lowest BCUT2D eigenvalue weighted by Crippen LogP contribution is -2.06. The Morgan fingerprint density at radius 3 is 2.48 bits per heavy atom. The first-order valence-electron chi connectivity index (χ1n) is 8.90. The number of benzene rings is 2. The summed E-state index contributed by atoms with van der Waals surface area (Å²) in [6, 6.07) is 17.3. The first-order valence-corrected chi connectivity index (χ1v) is 8.90. The average Bonchev–Trinajstić information content (AvgIpc) is 2.69. The second kappa shape index (κ2) is 10.7. The highest BCUT2D eigenvalue weighted by atomic mass is 16.5. The Morgan fingerprint density at radius 1 is 1.04 bits per heavy atom. The van der Waals surface area contributed by atoms with Gasteiger partial charge in [0.15, 0.2) is 11.5 Å². The van der Waals surface area contributed by atoms with Gasteiger partial charge in [-0.05, 0) is 43.2 Å². The van der Waals surface area contributed by atoms with Gasteiger partial charge in [-0.15, -0.1) is 0 Å². The van der Waals surface area contributed by atoms with Crippen LogP contribution in [-0.2, 0) is 16.0 Å². The van der Waals surface area contributed by atoms with Crippen LogP contribution >= 0.6 is 0 Å². The van der Waals surface area contributed by atoms with Crippen molar-refractivity contribution in [1.29, 1.82) is 5.26 Å². The van der Waals surface area contributed by atoms with Crippen LogP contribution in [0.1, 0.15) is 25.0 Å². The van der Waals surface area contributed by atoms with Crippen LogP contribution in [0.2, 0.25) is 0 Å². The summed E-state index contributed by atoms with van der Waals surface area (Å²) in [5.74, 6) is 0.557. The Kier molecular flexibility index (Phi) is 7.92. The van der Waals surface area contributed by atoms with Gasteiger partial charge in [-0.1, -0.05) is 36.4 Å². The Hall–Kier alpha value is -3.26. The molecular formula is C22H23NO4. The first-order chi connectivity index (χ1) is 13.2. The highest BCUT2D eigenvalue weighted by molar-refractivity contribution is 5.97. The number of hydrogen-bond acceptors (Lipinski definition) is 5. The fourth-order valence-electron chi connectivity index (χ4n) is 2.44. The van der Waals surface area contributed by atoms with Crippen molar-refractivity contribution in [3.8, 4) is 17.6 Å². The fraction of sp³-hybridized carbons (Fsp3) is 0.273. The number of rotatable bonds is 9. The molecule has 5 heteroatoms. The van der Waals surface area contributed by atoms with E-state index in [4.69, 9.17) is 19.5 Å². The summed E-state index contributed by atoms with van der Waals surface area (Å²) in [6.07, 6.45) is 2.27.